The van der Waals surface area contributed by atoms with Gasteiger partial charge in [0, 0.05) is 22.8 Å². The number of benzene rings is 2. The molecule has 8 heteroatoms. The zero-order chi connectivity index (χ0) is 36.8. The van der Waals surface area contributed by atoms with Crippen LogP contribution in [-0.4, -0.2) is 40.2 Å². The van der Waals surface area contributed by atoms with Crippen molar-refractivity contribution >= 4 is 51.6 Å². The Morgan fingerprint density at radius 3 is 1.41 bits per heavy atom. The van der Waals surface area contributed by atoms with Gasteiger partial charge in [0.05, 0.1) is 43.5 Å². The molecule has 0 saturated carbocycles. The van der Waals surface area contributed by atoms with E-state index in [1.54, 1.807) is 22.7 Å². The van der Waals surface area contributed by atoms with E-state index in [4.69, 9.17) is 0 Å². The lowest BCUT2D eigenvalue weighted by Crippen LogP contribution is -2.33. The highest BCUT2D eigenvalue weighted by Crippen LogP contribution is 2.50. The Hall–Kier alpha value is -4.14. The van der Waals surface area contributed by atoms with Crippen LogP contribution < -0.4 is 0 Å². The molecule has 51 heavy (non-hydrogen) atoms. The molecule has 0 bridgehead atoms. The first-order chi connectivity index (χ1) is 24.1. The van der Waals surface area contributed by atoms with Crippen LogP contribution in [0.2, 0.25) is 0 Å². The monoisotopic (exact) mass is 718 g/mol. The third-order valence-corrected chi connectivity index (χ3v) is 11.7. The van der Waals surface area contributed by atoms with E-state index in [0.29, 0.717) is 24.2 Å². The van der Waals surface area contributed by atoms with Crippen molar-refractivity contribution in [3.63, 3.8) is 0 Å². The minimum Gasteiger partial charge on any atom is -0.306 e. The molecule has 2 aliphatic heterocycles. The molecular weight excluding hydrogens is 669 g/mol. The van der Waals surface area contributed by atoms with Crippen molar-refractivity contribution in [3.8, 4) is 20.9 Å². The highest BCUT2D eigenvalue weighted by molar-refractivity contribution is 7.17. The maximum Gasteiger partial charge on any atom is 0.261 e. The van der Waals surface area contributed by atoms with E-state index in [-0.39, 0.29) is 34.6 Å². The number of azo groups is 1. The number of hydrogen-bond donors (Lipinski definition) is 0. The molecule has 2 aliphatic rings. The second kappa shape index (κ2) is 14.1. The molecule has 0 N–H and O–H groups in total. The first-order valence-corrected chi connectivity index (χ1v) is 19.7. The average Bonchev–Trinajstić information content (AvgIpc) is 3.86. The summed E-state index contributed by atoms with van der Waals surface area (Å²) >= 11 is 3.26. The Balaban J connectivity index is 1.43. The lowest BCUT2D eigenvalue weighted by atomic mass is 9.82. The minimum absolute atomic E-state index is 0.0899. The van der Waals surface area contributed by atoms with Crippen LogP contribution >= 0.6 is 22.7 Å². The molecule has 266 valence electrons. The van der Waals surface area contributed by atoms with Crippen LogP contribution in [-0.2, 0) is 15.0 Å². The fourth-order valence-corrected chi connectivity index (χ4v) is 8.56. The van der Waals surface area contributed by atoms with Crippen molar-refractivity contribution in [2.75, 3.05) is 13.1 Å². The Morgan fingerprint density at radius 1 is 0.608 bits per heavy atom. The maximum atomic E-state index is 14.6. The molecule has 0 saturated heterocycles. The van der Waals surface area contributed by atoms with E-state index in [1.165, 1.54) is 5.56 Å². The molecule has 0 atom stereocenters. The number of carbonyl (C=O) groups is 2. The molecule has 0 fully saturated rings. The number of nitrogens with zero attached hydrogens (tertiary/aromatic N) is 4. The van der Waals surface area contributed by atoms with Crippen molar-refractivity contribution in [1.82, 2.24) is 9.80 Å². The van der Waals surface area contributed by atoms with Gasteiger partial charge in [-0.15, -0.1) is 22.7 Å². The number of amides is 2. The van der Waals surface area contributed by atoms with Gasteiger partial charge in [-0.25, -0.2) is 0 Å². The SMILES string of the molecule is CCC(C)(C)c1ccc(-c2ccc(C3=C4C(=O)N(CC(C)C)C(c5ccc(-c6ccc(/N=N/C(C)(C)C)cc6)s5)=C4C(=O)N3CC(C)C)s2)cc1. The van der Waals surface area contributed by atoms with Crippen LogP contribution in [0, 0.1) is 11.8 Å². The number of thiophene rings is 2. The van der Waals surface area contributed by atoms with Crippen LogP contribution in [0.3, 0.4) is 0 Å². The van der Waals surface area contributed by atoms with Gasteiger partial charge in [-0.1, -0.05) is 84.9 Å². The highest BCUT2D eigenvalue weighted by atomic mass is 32.1. The Morgan fingerprint density at radius 2 is 1.02 bits per heavy atom. The summed E-state index contributed by atoms with van der Waals surface area (Å²) in [6, 6.07) is 25.3. The van der Waals surface area contributed by atoms with Crippen LogP contribution in [0.25, 0.3) is 32.3 Å². The zero-order valence-corrected chi connectivity index (χ0v) is 33.3. The minimum atomic E-state index is -0.240. The van der Waals surface area contributed by atoms with Gasteiger partial charge < -0.3 is 9.80 Å². The second-order valence-electron chi connectivity index (χ2n) is 16.1. The third kappa shape index (κ3) is 7.44. The molecule has 4 heterocycles. The van der Waals surface area contributed by atoms with Crippen molar-refractivity contribution < 1.29 is 9.59 Å². The Labute approximate surface area is 311 Å². The molecule has 6 rings (SSSR count). The number of fused-ring (bicyclic) bond motifs is 1. The summed E-state index contributed by atoms with van der Waals surface area (Å²) in [4.78, 5) is 36.9. The Bertz CT molecular complexity index is 2030. The summed E-state index contributed by atoms with van der Waals surface area (Å²) in [5, 5.41) is 8.78. The topological polar surface area (TPSA) is 65.3 Å². The zero-order valence-electron chi connectivity index (χ0n) is 31.6. The maximum absolute atomic E-state index is 14.6. The predicted molar refractivity (Wildman–Crippen MR) is 214 cm³/mol. The first-order valence-electron chi connectivity index (χ1n) is 18.0. The van der Waals surface area contributed by atoms with Gasteiger partial charge in [0.2, 0.25) is 0 Å². The van der Waals surface area contributed by atoms with E-state index >= 15 is 0 Å². The van der Waals surface area contributed by atoms with Gasteiger partial charge in [-0.05, 0) is 97.5 Å². The van der Waals surface area contributed by atoms with E-state index in [9.17, 15) is 9.59 Å². The van der Waals surface area contributed by atoms with E-state index in [2.05, 4.69) is 119 Å². The van der Waals surface area contributed by atoms with Crippen LogP contribution in [0.1, 0.15) is 91.0 Å². The second-order valence-corrected chi connectivity index (χ2v) is 18.3. The van der Waals surface area contributed by atoms with E-state index in [0.717, 1.165) is 54.1 Å². The molecule has 2 aromatic carbocycles. The molecule has 0 unspecified atom stereocenters. The van der Waals surface area contributed by atoms with E-state index < -0.39 is 0 Å². The molecule has 2 amide bonds. The van der Waals surface area contributed by atoms with E-state index in [1.807, 2.05) is 42.7 Å². The van der Waals surface area contributed by atoms with Crippen molar-refractivity contribution in [3.05, 3.63) is 99.3 Å². The molecule has 0 spiro atoms. The third-order valence-electron chi connectivity index (χ3n) is 9.41. The lowest BCUT2D eigenvalue weighted by molar-refractivity contribution is -0.124. The number of rotatable bonds is 11. The predicted octanol–water partition coefficient (Wildman–Crippen LogP) is 11.8. The summed E-state index contributed by atoms with van der Waals surface area (Å²) in [6.07, 6.45) is 1.07. The average molecular weight is 719 g/mol. The van der Waals surface area contributed by atoms with Gasteiger partial charge in [-0.2, -0.15) is 10.2 Å². The summed E-state index contributed by atoms with van der Waals surface area (Å²) < 4.78 is 0. The normalized spacial score (nSPS) is 15.6. The van der Waals surface area contributed by atoms with Crippen molar-refractivity contribution in [2.45, 2.75) is 86.6 Å². The fraction of sp³-hybridized carbons (Fsp3) is 0.395. The standard InChI is InChI=1S/C43H50N4O2S2/c1-11-43(9,10)30-16-12-28(13-17-30)32-20-22-34(50-32)38-36-37(41(49)46(38)24-26(2)3)39(47(40(36)48)25-27(4)5)35-23-21-33(51-35)29-14-18-31(19-15-29)44-45-42(6,7)8/h12-23,26-27H,11,24-25H2,1-10H3/b45-44+. The Kier molecular flexibility index (Phi) is 10.1. The summed E-state index contributed by atoms with van der Waals surface area (Å²) in [5.74, 6) is 0.265. The molecule has 4 aromatic rings. The largest absolute Gasteiger partial charge is 0.306 e. The van der Waals surface area contributed by atoms with Crippen LogP contribution in [0.4, 0.5) is 5.69 Å². The quantitative estimate of drug-likeness (QED) is 0.145. The summed E-state index contributed by atoms with van der Waals surface area (Å²) in [7, 11) is 0. The smallest absolute Gasteiger partial charge is 0.261 e. The fourth-order valence-electron chi connectivity index (χ4n) is 6.42. The van der Waals surface area contributed by atoms with Gasteiger partial charge >= 0.3 is 0 Å². The van der Waals surface area contributed by atoms with Gasteiger partial charge in [0.1, 0.15) is 0 Å². The molecule has 2 aromatic heterocycles. The first kappa shape index (κ1) is 36.6. The van der Waals surface area contributed by atoms with Gasteiger partial charge in [-0.3, -0.25) is 9.59 Å². The number of hydrogen-bond acceptors (Lipinski definition) is 6. The molecule has 6 nitrogen and oxygen atoms in total. The molecule has 0 radical (unpaired) electrons. The van der Waals surface area contributed by atoms with Crippen molar-refractivity contribution in [2.24, 2.45) is 22.1 Å². The number of carbonyl (C=O) groups excluding carboxylic acids is 2. The summed E-state index contributed by atoms with van der Waals surface area (Å²) in [5.41, 5.74) is 6.74. The molecular formula is C43H50N4O2S2. The lowest BCUT2D eigenvalue weighted by Gasteiger charge is -2.26. The van der Waals surface area contributed by atoms with Crippen LogP contribution in [0.5, 0.6) is 0 Å². The van der Waals surface area contributed by atoms with Crippen LogP contribution in [0.15, 0.2) is 94.2 Å². The van der Waals surface area contributed by atoms with Gasteiger partial charge in [0.15, 0.2) is 0 Å². The highest BCUT2D eigenvalue weighted by Gasteiger charge is 2.49. The van der Waals surface area contributed by atoms with Crippen molar-refractivity contribution in [1.29, 1.82) is 0 Å². The molecule has 0 aliphatic carbocycles. The van der Waals surface area contributed by atoms with Gasteiger partial charge in [0.25, 0.3) is 11.8 Å². The summed E-state index contributed by atoms with van der Waals surface area (Å²) in [6.45, 7) is 22.4.